The second kappa shape index (κ2) is 7.22. The fourth-order valence-electron chi connectivity index (χ4n) is 2.50. The quantitative estimate of drug-likeness (QED) is 0.840. The van der Waals surface area contributed by atoms with Crippen molar-refractivity contribution in [3.8, 4) is 5.75 Å². The summed E-state index contributed by atoms with van der Waals surface area (Å²) in [7, 11) is -2.42. The van der Waals surface area contributed by atoms with E-state index in [4.69, 9.17) is 16.3 Å². The van der Waals surface area contributed by atoms with Gasteiger partial charge in [0.05, 0.1) is 10.7 Å². The summed E-state index contributed by atoms with van der Waals surface area (Å²) in [5.41, 5.74) is 1.15. The van der Waals surface area contributed by atoms with Gasteiger partial charge in [-0.3, -0.25) is 4.79 Å². The molecule has 6 nitrogen and oxygen atoms in total. The van der Waals surface area contributed by atoms with Gasteiger partial charge < -0.3 is 10.1 Å². The molecule has 0 fully saturated rings. The van der Waals surface area contributed by atoms with Gasteiger partial charge in [0.2, 0.25) is 10.0 Å². The van der Waals surface area contributed by atoms with Crippen molar-refractivity contribution < 1.29 is 22.3 Å². The molecule has 0 saturated heterocycles. The van der Waals surface area contributed by atoms with Gasteiger partial charge in [-0.15, -0.1) is 0 Å². The van der Waals surface area contributed by atoms with Crippen LogP contribution in [-0.2, 0) is 21.2 Å². The summed E-state index contributed by atoms with van der Waals surface area (Å²) in [6.07, 6.45) is 0.422. The van der Waals surface area contributed by atoms with Gasteiger partial charge in [-0.2, -0.15) is 0 Å². The number of carbonyl (C=O) groups excluding carboxylic acids is 1. The van der Waals surface area contributed by atoms with Gasteiger partial charge in [-0.25, -0.2) is 17.1 Å². The van der Waals surface area contributed by atoms with E-state index < -0.39 is 10.0 Å². The van der Waals surface area contributed by atoms with E-state index in [1.165, 1.54) is 35.6 Å². The first-order valence-electron chi connectivity index (χ1n) is 7.74. The van der Waals surface area contributed by atoms with Crippen LogP contribution < -0.4 is 10.1 Å². The molecule has 26 heavy (non-hydrogen) atoms. The van der Waals surface area contributed by atoms with Crippen molar-refractivity contribution in [2.24, 2.45) is 0 Å². The van der Waals surface area contributed by atoms with Crippen LogP contribution in [0, 0.1) is 5.82 Å². The van der Waals surface area contributed by atoms with E-state index in [1.54, 1.807) is 12.1 Å². The average molecular weight is 399 g/mol. The Morgan fingerprint density at radius 3 is 2.65 bits per heavy atom. The number of hydrogen-bond donors (Lipinski definition) is 1. The minimum absolute atomic E-state index is 0.0109. The average Bonchev–Trinajstić information content (AvgIpc) is 2.60. The van der Waals surface area contributed by atoms with Crippen molar-refractivity contribution in [1.82, 2.24) is 4.31 Å². The molecule has 1 heterocycles. The molecule has 138 valence electrons. The highest BCUT2D eigenvalue weighted by Gasteiger charge is 2.27. The number of halogens is 2. The molecule has 2 aromatic carbocycles. The maximum absolute atomic E-state index is 12.9. The zero-order valence-electron chi connectivity index (χ0n) is 13.8. The number of hydrogen-bond acceptors (Lipinski definition) is 4. The predicted octanol–water partition coefficient (Wildman–Crippen LogP) is 2.67. The minimum Gasteiger partial charge on any atom is -0.482 e. The summed E-state index contributed by atoms with van der Waals surface area (Å²) in [6.45, 7) is 0.00744. The molecule has 1 N–H and O–H groups in total. The van der Waals surface area contributed by atoms with Crippen molar-refractivity contribution in [2.75, 3.05) is 25.5 Å². The van der Waals surface area contributed by atoms with Gasteiger partial charge in [0.1, 0.15) is 16.5 Å². The maximum atomic E-state index is 12.9. The first-order chi connectivity index (χ1) is 12.3. The number of nitrogens with one attached hydrogen (secondary N) is 1. The van der Waals surface area contributed by atoms with Crippen molar-refractivity contribution in [3.05, 3.63) is 52.8 Å². The molecule has 0 unspecified atom stereocenters. The Hall–Kier alpha value is -2.16. The third kappa shape index (κ3) is 3.82. The molecule has 9 heteroatoms. The molecule has 0 bridgehead atoms. The van der Waals surface area contributed by atoms with E-state index in [-0.39, 0.29) is 40.5 Å². The summed E-state index contributed by atoms with van der Waals surface area (Å²) < 4.78 is 45.0. The third-order valence-corrected chi connectivity index (χ3v) is 6.31. The van der Waals surface area contributed by atoms with Gasteiger partial charge >= 0.3 is 0 Å². The van der Waals surface area contributed by atoms with E-state index in [0.29, 0.717) is 12.1 Å². The number of anilines is 1. The molecule has 1 aliphatic heterocycles. The fourth-order valence-corrected chi connectivity index (χ4v) is 4.19. The Morgan fingerprint density at radius 2 is 1.96 bits per heavy atom. The largest absolute Gasteiger partial charge is 0.482 e. The summed E-state index contributed by atoms with van der Waals surface area (Å²) in [5, 5.41) is 2.56. The topological polar surface area (TPSA) is 75.7 Å². The van der Waals surface area contributed by atoms with E-state index in [1.807, 2.05) is 0 Å². The number of rotatable bonds is 5. The van der Waals surface area contributed by atoms with Crippen LogP contribution in [-0.4, -0.2) is 38.8 Å². The van der Waals surface area contributed by atoms with Crippen LogP contribution in [0.25, 0.3) is 0 Å². The lowest BCUT2D eigenvalue weighted by Crippen LogP contribution is -2.30. The number of ether oxygens (including phenoxy) is 1. The first-order valence-corrected chi connectivity index (χ1v) is 9.56. The number of likely N-dealkylation sites (N-methyl/N-ethyl adjacent to an activating group) is 1. The Kier molecular flexibility index (Phi) is 5.17. The van der Waals surface area contributed by atoms with Gasteiger partial charge in [0, 0.05) is 19.7 Å². The smallest absolute Gasteiger partial charge is 0.262 e. The van der Waals surface area contributed by atoms with E-state index in [0.717, 1.165) is 5.56 Å². The lowest BCUT2D eigenvalue weighted by molar-refractivity contribution is -0.118. The Labute approximate surface area is 155 Å². The molecular formula is C17H16ClFN2O4S. The molecule has 2 aromatic rings. The van der Waals surface area contributed by atoms with Gasteiger partial charge in [-0.1, -0.05) is 23.7 Å². The van der Waals surface area contributed by atoms with Crippen molar-refractivity contribution in [1.29, 1.82) is 0 Å². The lowest BCUT2D eigenvalue weighted by Gasteiger charge is -2.22. The highest BCUT2D eigenvalue weighted by molar-refractivity contribution is 7.89. The molecule has 0 aliphatic carbocycles. The minimum atomic E-state index is -3.86. The van der Waals surface area contributed by atoms with Crippen LogP contribution in [0.2, 0.25) is 5.02 Å². The molecule has 1 aliphatic rings. The maximum Gasteiger partial charge on any atom is 0.262 e. The van der Waals surface area contributed by atoms with Crippen molar-refractivity contribution in [2.45, 2.75) is 11.3 Å². The standard InChI is InChI=1S/C17H16ClFN2O4S/c1-21(7-6-11-2-4-12(19)5-3-11)26(23,24)16-9-15-14(8-13(16)18)20-17(22)10-25-15/h2-5,8-9H,6-7,10H2,1H3,(H,20,22). The molecule has 0 atom stereocenters. The highest BCUT2D eigenvalue weighted by atomic mass is 35.5. The third-order valence-electron chi connectivity index (χ3n) is 3.98. The van der Waals surface area contributed by atoms with Crippen molar-refractivity contribution in [3.63, 3.8) is 0 Å². The summed E-state index contributed by atoms with van der Waals surface area (Å²) in [6, 6.07) is 8.54. The van der Waals surface area contributed by atoms with E-state index in [2.05, 4.69) is 5.32 Å². The Bertz CT molecular complexity index is 948. The van der Waals surface area contributed by atoms with Crippen LogP contribution >= 0.6 is 11.6 Å². The zero-order valence-corrected chi connectivity index (χ0v) is 15.4. The number of nitrogens with zero attached hydrogens (tertiary/aromatic N) is 1. The van der Waals surface area contributed by atoms with E-state index >= 15 is 0 Å². The molecule has 3 rings (SSSR count). The summed E-state index contributed by atoms with van der Waals surface area (Å²) in [4.78, 5) is 11.2. The molecule has 0 saturated carbocycles. The summed E-state index contributed by atoms with van der Waals surface area (Å²) in [5.74, 6) is -0.428. The molecule has 0 aromatic heterocycles. The van der Waals surface area contributed by atoms with Crippen LogP contribution in [0.3, 0.4) is 0 Å². The predicted molar refractivity (Wildman–Crippen MR) is 95.5 cm³/mol. The SMILES string of the molecule is CN(CCc1ccc(F)cc1)S(=O)(=O)c1cc2c(cc1Cl)NC(=O)CO2. The van der Waals surface area contributed by atoms with Crippen LogP contribution in [0.4, 0.5) is 10.1 Å². The highest BCUT2D eigenvalue weighted by Crippen LogP contribution is 2.36. The normalized spacial score (nSPS) is 13.9. The Balaban J connectivity index is 1.80. The number of benzene rings is 2. The second-order valence-corrected chi connectivity index (χ2v) is 8.24. The number of sulfonamides is 1. The first kappa shape index (κ1) is 18.6. The molecule has 0 spiro atoms. The number of carbonyl (C=O) groups is 1. The van der Waals surface area contributed by atoms with Gasteiger partial charge in [0.25, 0.3) is 5.91 Å². The van der Waals surface area contributed by atoms with Gasteiger partial charge in [-0.05, 0) is 30.2 Å². The number of amides is 1. The number of fused-ring (bicyclic) bond motifs is 1. The lowest BCUT2D eigenvalue weighted by atomic mass is 10.1. The van der Waals surface area contributed by atoms with Crippen LogP contribution in [0.1, 0.15) is 5.56 Å². The van der Waals surface area contributed by atoms with Crippen LogP contribution in [0.5, 0.6) is 5.75 Å². The fraction of sp³-hybridized carbons (Fsp3) is 0.235. The van der Waals surface area contributed by atoms with Crippen LogP contribution in [0.15, 0.2) is 41.3 Å². The zero-order chi connectivity index (χ0) is 18.9. The Morgan fingerprint density at radius 1 is 1.27 bits per heavy atom. The van der Waals surface area contributed by atoms with Gasteiger partial charge in [0.15, 0.2) is 6.61 Å². The molecule has 1 amide bonds. The summed E-state index contributed by atoms with van der Waals surface area (Å²) >= 11 is 6.12. The second-order valence-electron chi connectivity index (χ2n) is 5.82. The van der Waals surface area contributed by atoms with E-state index in [9.17, 15) is 17.6 Å². The molecule has 0 radical (unpaired) electrons. The molecular weight excluding hydrogens is 383 g/mol. The van der Waals surface area contributed by atoms with Crippen molar-refractivity contribution >= 4 is 33.2 Å². The monoisotopic (exact) mass is 398 g/mol.